The monoisotopic (exact) mass is 434 g/mol. The number of benzene rings is 2. The number of aliphatic hydroxyl groups is 4. The summed E-state index contributed by atoms with van der Waals surface area (Å²) in [5.74, 6) is -0.239. The van der Waals surface area contributed by atoms with Crippen molar-refractivity contribution < 1.29 is 50.0 Å². The van der Waals surface area contributed by atoms with Crippen LogP contribution in [0.4, 0.5) is 0 Å². The molecule has 31 heavy (non-hydrogen) atoms. The first kappa shape index (κ1) is 21.2. The number of ether oxygens (including phenoxy) is 3. The van der Waals surface area contributed by atoms with E-state index in [2.05, 4.69) is 0 Å². The molecule has 1 saturated heterocycles. The van der Waals surface area contributed by atoms with E-state index in [1.54, 1.807) is 12.1 Å². The largest absolute Gasteiger partial charge is 0.508 e. The van der Waals surface area contributed by atoms with Gasteiger partial charge in [-0.2, -0.15) is 0 Å². The first-order valence-corrected chi connectivity index (χ1v) is 9.49. The minimum absolute atomic E-state index is 0.0237. The van der Waals surface area contributed by atoms with Gasteiger partial charge in [0, 0.05) is 17.7 Å². The standard InChI is InChI=1S/C21H22O10/c22-8-16-17(26)18(27)19(28)21(31-16)30-15-7-12-13(25)5-11(24)6-14(12)29-20(15)9-1-3-10(23)4-2-9/h1-7,16-28H,8H2. The maximum atomic E-state index is 10.3. The molecule has 2 aromatic rings. The van der Waals surface area contributed by atoms with Crippen molar-refractivity contribution in [2.24, 2.45) is 0 Å². The fraction of sp³-hybridized carbons (Fsp3) is 0.333. The van der Waals surface area contributed by atoms with Gasteiger partial charge in [0.05, 0.1) is 12.2 Å². The molecule has 2 aliphatic rings. The summed E-state index contributed by atoms with van der Waals surface area (Å²) in [6.45, 7) is -0.620. The van der Waals surface area contributed by atoms with Crippen LogP contribution in [0, 0.1) is 0 Å². The predicted molar refractivity (Wildman–Crippen MR) is 104 cm³/mol. The number of fused-ring (bicyclic) bond motifs is 1. The SMILES string of the molecule is OCC1OC(OC2=Cc3c(O)cc(O)cc3OC2c2ccc(O)cc2)C(O)C(O)C1O. The summed E-state index contributed by atoms with van der Waals surface area (Å²) in [7, 11) is 0. The van der Waals surface area contributed by atoms with Crippen molar-refractivity contribution >= 4 is 6.08 Å². The van der Waals surface area contributed by atoms with Gasteiger partial charge >= 0.3 is 0 Å². The third-order valence-corrected chi connectivity index (χ3v) is 5.19. The van der Waals surface area contributed by atoms with Gasteiger partial charge in [-0.25, -0.2) is 0 Å². The van der Waals surface area contributed by atoms with Crippen LogP contribution in [0.25, 0.3) is 6.08 Å². The Kier molecular flexibility index (Phi) is 5.65. The Hall–Kier alpha value is -3.02. The summed E-state index contributed by atoms with van der Waals surface area (Å²) in [4.78, 5) is 0. The van der Waals surface area contributed by atoms with E-state index >= 15 is 0 Å². The average Bonchev–Trinajstić information content (AvgIpc) is 2.74. The highest BCUT2D eigenvalue weighted by Gasteiger charge is 2.45. The molecule has 0 bridgehead atoms. The summed E-state index contributed by atoms with van der Waals surface area (Å²) in [6, 6.07) is 8.42. The summed E-state index contributed by atoms with van der Waals surface area (Å²) < 4.78 is 17.1. The molecular formula is C21H22O10. The lowest BCUT2D eigenvalue weighted by Gasteiger charge is -2.41. The van der Waals surface area contributed by atoms with Crippen molar-refractivity contribution in [2.75, 3.05) is 6.61 Å². The van der Waals surface area contributed by atoms with Crippen LogP contribution in [-0.4, -0.2) is 73.1 Å². The molecule has 2 heterocycles. The Bertz CT molecular complexity index is 971. The Morgan fingerprint density at radius 1 is 0.871 bits per heavy atom. The van der Waals surface area contributed by atoms with E-state index in [4.69, 9.17) is 14.2 Å². The van der Waals surface area contributed by atoms with Crippen LogP contribution < -0.4 is 4.74 Å². The van der Waals surface area contributed by atoms with Gasteiger partial charge in [-0.05, 0) is 18.2 Å². The number of phenols is 3. The zero-order chi connectivity index (χ0) is 22.3. The molecule has 166 valence electrons. The van der Waals surface area contributed by atoms with Crippen LogP contribution in [0.3, 0.4) is 0 Å². The smallest absolute Gasteiger partial charge is 0.228 e. The summed E-state index contributed by atoms with van der Waals surface area (Å²) in [5, 5.41) is 69.2. The zero-order valence-electron chi connectivity index (χ0n) is 16.1. The second-order valence-corrected chi connectivity index (χ2v) is 7.33. The van der Waals surface area contributed by atoms with Crippen molar-refractivity contribution in [3.8, 4) is 23.0 Å². The molecule has 10 heteroatoms. The second-order valence-electron chi connectivity index (χ2n) is 7.33. The fourth-order valence-corrected chi connectivity index (χ4v) is 3.52. The Balaban J connectivity index is 1.72. The van der Waals surface area contributed by atoms with Gasteiger partial charge in [-0.3, -0.25) is 0 Å². The molecule has 0 spiro atoms. The van der Waals surface area contributed by atoms with E-state index in [-0.39, 0.29) is 34.3 Å². The van der Waals surface area contributed by atoms with Crippen molar-refractivity contribution in [3.63, 3.8) is 0 Å². The van der Waals surface area contributed by atoms with E-state index in [1.165, 1.54) is 24.3 Å². The highest BCUT2D eigenvalue weighted by molar-refractivity contribution is 5.69. The number of phenolic OH excluding ortho intramolecular Hbond substituents is 3. The molecule has 0 aromatic heterocycles. The molecule has 2 aromatic carbocycles. The number of hydrogen-bond acceptors (Lipinski definition) is 10. The predicted octanol–water partition coefficient (Wildman–Crippen LogP) is 0.0945. The first-order chi connectivity index (χ1) is 14.8. The lowest BCUT2D eigenvalue weighted by molar-refractivity contribution is -0.293. The first-order valence-electron chi connectivity index (χ1n) is 9.49. The van der Waals surface area contributed by atoms with Crippen LogP contribution >= 0.6 is 0 Å². The molecule has 2 aliphatic heterocycles. The molecule has 1 fully saturated rings. The van der Waals surface area contributed by atoms with Crippen molar-refractivity contribution in [1.29, 1.82) is 0 Å². The van der Waals surface area contributed by atoms with Gasteiger partial charge in [0.2, 0.25) is 6.29 Å². The van der Waals surface area contributed by atoms with Crippen molar-refractivity contribution in [2.45, 2.75) is 36.8 Å². The second kappa shape index (κ2) is 8.25. The van der Waals surface area contributed by atoms with Gasteiger partial charge < -0.3 is 50.0 Å². The summed E-state index contributed by atoms with van der Waals surface area (Å²) in [5.41, 5.74) is 0.731. The number of hydrogen-bond donors (Lipinski definition) is 7. The van der Waals surface area contributed by atoms with Crippen LogP contribution in [0.15, 0.2) is 42.2 Å². The third kappa shape index (κ3) is 3.99. The van der Waals surface area contributed by atoms with Gasteiger partial charge in [0.25, 0.3) is 0 Å². The van der Waals surface area contributed by atoms with Gasteiger partial charge in [-0.15, -0.1) is 0 Å². The number of aromatic hydroxyl groups is 3. The molecule has 0 radical (unpaired) electrons. The molecule has 6 atom stereocenters. The Morgan fingerprint density at radius 2 is 1.58 bits per heavy atom. The van der Waals surface area contributed by atoms with E-state index in [9.17, 15) is 35.7 Å². The number of rotatable bonds is 4. The van der Waals surface area contributed by atoms with Gasteiger partial charge in [-0.1, -0.05) is 12.1 Å². The molecule has 10 nitrogen and oxygen atoms in total. The lowest BCUT2D eigenvalue weighted by atomic mass is 9.98. The average molecular weight is 434 g/mol. The quantitative estimate of drug-likeness (QED) is 0.350. The topological polar surface area (TPSA) is 169 Å². The van der Waals surface area contributed by atoms with Crippen LogP contribution in [0.2, 0.25) is 0 Å². The Labute approximate surface area is 176 Å². The maximum Gasteiger partial charge on any atom is 0.228 e. The minimum Gasteiger partial charge on any atom is -0.508 e. The molecule has 0 aliphatic carbocycles. The molecule has 0 saturated carbocycles. The molecular weight excluding hydrogens is 412 g/mol. The summed E-state index contributed by atoms with van der Waals surface area (Å²) in [6.07, 6.45) is -6.96. The molecule has 6 unspecified atom stereocenters. The van der Waals surface area contributed by atoms with Crippen molar-refractivity contribution in [1.82, 2.24) is 0 Å². The van der Waals surface area contributed by atoms with E-state index < -0.39 is 43.4 Å². The third-order valence-electron chi connectivity index (χ3n) is 5.19. The zero-order valence-corrected chi connectivity index (χ0v) is 16.1. The van der Waals surface area contributed by atoms with E-state index in [0.29, 0.717) is 5.56 Å². The van der Waals surface area contributed by atoms with Gasteiger partial charge in [0.15, 0.2) is 6.10 Å². The van der Waals surface area contributed by atoms with Crippen molar-refractivity contribution in [3.05, 3.63) is 53.3 Å². The maximum absolute atomic E-state index is 10.3. The highest BCUT2D eigenvalue weighted by Crippen LogP contribution is 2.44. The van der Waals surface area contributed by atoms with Crippen LogP contribution in [0.5, 0.6) is 23.0 Å². The van der Waals surface area contributed by atoms with Crippen LogP contribution in [-0.2, 0) is 9.47 Å². The lowest BCUT2D eigenvalue weighted by Crippen LogP contribution is -2.59. The van der Waals surface area contributed by atoms with Crippen LogP contribution in [0.1, 0.15) is 17.2 Å². The molecule has 4 rings (SSSR count). The van der Waals surface area contributed by atoms with E-state index in [1.807, 2.05) is 0 Å². The van der Waals surface area contributed by atoms with Gasteiger partial charge in [0.1, 0.15) is 53.2 Å². The minimum atomic E-state index is -1.64. The van der Waals surface area contributed by atoms with E-state index in [0.717, 1.165) is 6.07 Å². The number of aliphatic hydroxyl groups excluding tert-OH is 4. The molecule has 0 amide bonds. The Morgan fingerprint density at radius 3 is 2.26 bits per heavy atom. The normalized spacial score (nSPS) is 30.1. The summed E-state index contributed by atoms with van der Waals surface area (Å²) >= 11 is 0. The fourth-order valence-electron chi connectivity index (χ4n) is 3.52. The highest BCUT2D eigenvalue weighted by atomic mass is 16.7. The molecule has 7 N–H and O–H groups in total.